The Morgan fingerprint density at radius 2 is 2.12 bits per heavy atom. The van der Waals surface area contributed by atoms with Gasteiger partial charge in [0, 0.05) is 36.4 Å². The normalized spacial score (nSPS) is 16.7. The SMILES string of the molecule is CSNc1cc(-c2cc(N)ncc2Cl)cnc1N.OC1CCCOC1. The molecule has 1 aliphatic heterocycles. The zero-order valence-electron chi connectivity index (χ0n) is 13.9. The minimum Gasteiger partial charge on any atom is -0.391 e. The predicted molar refractivity (Wildman–Crippen MR) is 105 cm³/mol. The minimum atomic E-state index is -0.186. The van der Waals surface area contributed by atoms with E-state index in [0.29, 0.717) is 23.3 Å². The van der Waals surface area contributed by atoms with E-state index in [9.17, 15) is 0 Å². The number of nitrogens with zero attached hydrogens (tertiary/aromatic N) is 2. The third-order valence-electron chi connectivity index (χ3n) is 3.45. The van der Waals surface area contributed by atoms with Crippen molar-refractivity contribution >= 4 is 40.9 Å². The van der Waals surface area contributed by atoms with E-state index in [0.717, 1.165) is 36.3 Å². The Kier molecular flexibility index (Phi) is 7.57. The van der Waals surface area contributed by atoms with Gasteiger partial charge in [0.15, 0.2) is 0 Å². The van der Waals surface area contributed by atoms with Gasteiger partial charge in [0.25, 0.3) is 0 Å². The maximum Gasteiger partial charge on any atom is 0.147 e. The topological polar surface area (TPSA) is 119 Å². The highest BCUT2D eigenvalue weighted by atomic mass is 35.5. The summed E-state index contributed by atoms with van der Waals surface area (Å²) in [5.41, 5.74) is 13.8. The largest absolute Gasteiger partial charge is 0.391 e. The molecule has 0 amide bonds. The second kappa shape index (κ2) is 9.67. The van der Waals surface area contributed by atoms with E-state index in [1.165, 1.54) is 18.1 Å². The molecule has 25 heavy (non-hydrogen) atoms. The van der Waals surface area contributed by atoms with Crippen molar-refractivity contribution in [2.24, 2.45) is 0 Å². The lowest BCUT2D eigenvalue weighted by Crippen LogP contribution is -2.21. The van der Waals surface area contributed by atoms with Crippen LogP contribution in [-0.2, 0) is 4.74 Å². The highest BCUT2D eigenvalue weighted by Gasteiger charge is 2.09. The Morgan fingerprint density at radius 3 is 2.72 bits per heavy atom. The molecule has 2 aromatic rings. The molecule has 0 spiro atoms. The van der Waals surface area contributed by atoms with E-state index < -0.39 is 0 Å². The first-order valence-electron chi connectivity index (χ1n) is 7.73. The summed E-state index contributed by atoms with van der Waals surface area (Å²) in [6.45, 7) is 1.37. The molecule has 0 aromatic carbocycles. The molecule has 1 aliphatic rings. The number of nitrogens with two attached hydrogens (primary N) is 2. The third-order valence-corrected chi connectivity index (χ3v) is 4.18. The van der Waals surface area contributed by atoms with E-state index in [1.807, 2.05) is 12.3 Å². The molecule has 1 atom stereocenters. The van der Waals surface area contributed by atoms with Crippen LogP contribution in [0.25, 0.3) is 11.1 Å². The first-order chi connectivity index (χ1) is 12.0. The molecule has 136 valence electrons. The maximum atomic E-state index is 8.78. The fraction of sp³-hybridized carbons (Fsp3) is 0.375. The van der Waals surface area contributed by atoms with Crippen LogP contribution in [0.5, 0.6) is 0 Å². The molecule has 3 heterocycles. The van der Waals surface area contributed by atoms with Gasteiger partial charge in [-0.2, -0.15) is 0 Å². The van der Waals surface area contributed by atoms with Gasteiger partial charge < -0.3 is 26.0 Å². The van der Waals surface area contributed by atoms with Crippen molar-refractivity contribution < 1.29 is 9.84 Å². The Hall–Kier alpha value is -1.74. The average molecular weight is 384 g/mol. The molecule has 1 fully saturated rings. The highest BCUT2D eigenvalue weighted by molar-refractivity contribution is 7.99. The summed E-state index contributed by atoms with van der Waals surface area (Å²) in [5, 5.41) is 9.30. The number of aliphatic hydroxyl groups is 1. The second-order valence-electron chi connectivity index (χ2n) is 5.42. The quantitative estimate of drug-likeness (QED) is 0.597. The first kappa shape index (κ1) is 19.6. The van der Waals surface area contributed by atoms with Crippen molar-refractivity contribution in [1.82, 2.24) is 9.97 Å². The van der Waals surface area contributed by atoms with Crippen LogP contribution in [0.4, 0.5) is 17.3 Å². The van der Waals surface area contributed by atoms with Gasteiger partial charge in [0.05, 0.1) is 23.4 Å². The lowest BCUT2D eigenvalue weighted by Gasteiger charge is -2.15. The molecule has 1 saturated heterocycles. The van der Waals surface area contributed by atoms with Gasteiger partial charge in [-0.25, -0.2) is 9.97 Å². The predicted octanol–water partition coefficient (Wildman–Crippen LogP) is 2.81. The Balaban J connectivity index is 0.000000269. The van der Waals surface area contributed by atoms with E-state index in [4.69, 9.17) is 32.9 Å². The first-order valence-corrected chi connectivity index (χ1v) is 9.33. The van der Waals surface area contributed by atoms with Gasteiger partial charge in [-0.1, -0.05) is 23.5 Å². The smallest absolute Gasteiger partial charge is 0.147 e. The monoisotopic (exact) mass is 383 g/mol. The van der Waals surface area contributed by atoms with Gasteiger partial charge in [-0.05, 0) is 25.0 Å². The van der Waals surface area contributed by atoms with Gasteiger partial charge >= 0.3 is 0 Å². The average Bonchev–Trinajstić information content (AvgIpc) is 2.60. The number of nitrogens with one attached hydrogen (secondary N) is 1. The lowest BCUT2D eigenvalue weighted by molar-refractivity contribution is -0.00535. The molecule has 9 heteroatoms. The Morgan fingerprint density at radius 1 is 1.32 bits per heavy atom. The molecule has 0 aliphatic carbocycles. The molecule has 7 nitrogen and oxygen atoms in total. The molecule has 1 unspecified atom stereocenters. The fourth-order valence-corrected chi connectivity index (χ4v) is 2.81. The van der Waals surface area contributed by atoms with E-state index in [-0.39, 0.29) is 6.10 Å². The number of ether oxygens (including phenoxy) is 1. The van der Waals surface area contributed by atoms with Crippen LogP contribution >= 0.6 is 23.5 Å². The minimum absolute atomic E-state index is 0.186. The lowest BCUT2D eigenvalue weighted by atomic mass is 10.1. The molecule has 3 rings (SSSR count). The molecule has 0 radical (unpaired) electrons. The van der Waals surface area contributed by atoms with Crippen molar-refractivity contribution in [3.63, 3.8) is 0 Å². The number of anilines is 3. The van der Waals surface area contributed by atoms with Crippen molar-refractivity contribution in [2.75, 3.05) is 35.7 Å². The number of hydrogen-bond acceptors (Lipinski definition) is 8. The van der Waals surface area contributed by atoms with Gasteiger partial charge in [0.1, 0.15) is 11.6 Å². The van der Waals surface area contributed by atoms with E-state index >= 15 is 0 Å². The molecule has 2 aromatic heterocycles. The molecular formula is C16H22ClN5O2S. The summed E-state index contributed by atoms with van der Waals surface area (Å²) in [5.74, 6) is 0.844. The fourth-order valence-electron chi connectivity index (χ4n) is 2.21. The zero-order valence-corrected chi connectivity index (χ0v) is 15.5. The van der Waals surface area contributed by atoms with Crippen LogP contribution in [0, 0.1) is 0 Å². The molecule has 6 N–H and O–H groups in total. The highest BCUT2D eigenvalue weighted by Crippen LogP contribution is 2.31. The van der Waals surface area contributed by atoms with Crippen LogP contribution in [0.15, 0.2) is 24.5 Å². The summed E-state index contributed by atoms with van der Waals surface area (Å²) in [4.78, 5) is 8.05. The summed E-state index contributed by atoms with van der Waals surface area (Å²) in [6.07, 6.45) is 6.82. The number of rotatable bonds is 3. The molecule has 0 saturated carbocycles. The van der Waals surface area contributed by atoms with Crippen molar-refractivity contribution in [1.29, 1.82) is 0 Å². The number of nitrogen functional groups attached to an aromatic ring is 2. The summed E-state index contributed by atoms with van der Waals surface area (Å²) in [6, 6.07) is 3.58. The molecular weight excluding hydrogens is 362 g/mol. The van der Waals surface area contributed by atoms with Crippen molar-refractivity contribution in [3.05, 3.63) is 29.5 Å². The second-order valence-corrected chi connectivity index (χ2v) is 6.44. The Labute approximate surface area is 156 Å². The van der Waals surface area contributed by atoms with Crippen LogP contribution in [0.2, 0.25) is 5.02 Å². The van der Waals surface area contributed by atoms with Crippen molar-refractivity contribution in [3.8, 4) is 11.1 Å². The van der Waals surface area contributed by atoms with Gasteiger partial charge in [0.2, 0.25) is 0 Å². The van der Waals surface area contributed by atoms with Crippen LogP contribution in [0.1, 0.15) is 12.8 Å². The van der Waals surface area contributed by atoms with Crippen LogP contribution < -0.4 is 16.2 Å². The van der Waals surface area contributed by atoms with Gasteiger partial charge in [-0.3, -0.25) is 0 Å². The summed E-state index contributed by atoms with van der Waals surface area (Å²) >= 11 is 7.54. The van der Waals surface area contributed by atoms with Gasteiger partial charge in [-0.15, -0.1) is 0 Å². The zero-order chi connectivity index (χ0) is 18.2. The van der Waals surface area contributed by atoms with E-state index in [2.05, 4.69) is 14.7 Å². The third kappa shape index (κ3) is 5.93. The number of pyridine rings is 2. The van der Waals surface area contributed by atoms with Crippen LogP contribution in [0.3, 0.4) is 0 Å². The number of hydrogen-bond donors (Lipinski definition) is 4. The summed E-state index contributed by atoms with van der Waals surface area (Å²) < 4.78 is 7.99. The van der Waals surface area contributed by atoms with E-state index in [1.54, 1.807) is 12.3 Å². The molecule has 0 bridgehead atoms. The standard InChI is InChI=1S/C11H12ClN5S.C5H10O2/c1-18-17-9-2-6(4-16-11(9)14)7-3-10(13)15-5-8(7)12;6-5-2-1-3-7-4-5/h2-5,17H,1H3,(H2,13,15)(H2,14,16);5-6H,1-4H2. The van der Waals surface area contributed by atoms with Crippen LogP contribution in [-0.4, -0.2) is 40.6 Å². The number of halogens is 1. The summed E-state index contributed by atoms with van der Waals surface area (Å²) in [7, 11) is 0. The maximum absolute atomic E-state index is 8.78. The number of aliphatic hydroxyl groups excluding tert-OH is 1. The number of aromatic nitrogens is 2. The van der Waals surface area contributed by atoms with Crippen molar-refractivity contribution in [2.45, 2.75) is 18.9 Å². The Bertz CT molecular complexity index is 698.